The number of aromatic nitrogens is 3. The number of amides is 2. The summed E-state index contributed by atoms with van der Waals surface area (Å²) in [6.45, 7) is 7.78. The Morgan fingerprint density at radius 1 is 1.36 bits per heavy atom. The minimum absolute atomic E-state index is 0.0133. The minimum atomic E-state index is -0.0133. The van der Waals surface area contributed by atoms with Crippen LogP contribution < -0.4 is 10.6 Å². The van der Waals surface area contributed by atoms with Gasteiger partial charge in [0.05, 0.1) is 0 Å². The molecule has 0 unspecified atom stereocenters. The van der Waals surface area contributed by atoms with E-state index in [2.05, 4.69) is 25.6 Å². The maximum Gasteiger partial charge on any atom is 0.317 e. The van der Waals surface area contributed by atoms with Crippen LogP contribution in [0.4, 0.5) is 10.6 Å². The largest absolute Gasteiger partial charge is 0.366 e. The summed E-state index contributed by atoms with van der Waals surface area (Å²) in [6.07, 6.45) is 6.34. The molecule has 1 aliphatic heterocycles. The summed E-state index contributed by atoms with van der Waals surface area (Å²) >= 11 is 0. The summed E-state index contributed by atoms with van der Waals surface area (Å²) < 4.78 is 0. The van der Waals surface area contributed by atoms with E-state index >= 15 is 0 Å². The SMILES string of the molecule is Cc1nccc(NCc2cncc3c2CCN(C(=O)NC(C)C)C3)n1. The van der Waals surface area contributed by atoms with Crippen LogP contribution in [0.1, 0.15) is 36.4 Å². The van der Waals surface area contributed by atoms with Gasteiger partial charge in [-0.05, 0) is 49.9 Å². The molecule has 3 rings (SSSR count). The molecule has 7 heteroatoms. The van der Waals surface area contributed by atoms with Gasteiger partial charge < -0.3 is 15.5 Å². The van der Waals surface area contributed by atoms with Gasteiger partial charge in [-0.15, -0.1) is 0 Å². The number of pyridine rings is 1. The monoisotopic (exact) mass is 340 g/mol. The number of rotatable bonds is 4. The summed E-state index contributed by atoms with van der Waals surface area (Å²) in [6, 6.07) is 1.98. The summed E-state index contributed by atoms with van der Waals surface area (Å²) in [4.78, 5) is 26.9. The second-order valence-corrected chi connectivity index (χ2v) is 6.55. The van der Waals surface area contributed by atoms with Crippen molar-refractivity contribution in [3.63, 3.8) is 0 Å². The van der Waals surface area contributed by atoms with E-state index in [4.69, 9.17) is 0 Å². The zero-order valence-electron chi connectivity index (χ0n) is 14.9. The van der Waals surface area contributed by atoms with Crippen molar-refractivity contribution in [1.29, 1.82) is 0 Å². The van der Waals surface area contributed by atoms with Crippen LogP contribution in [0.2, 0.25) is 0 Å². The molecule has 0 aliphatic carbocycles. The quantitative estimate of drug-likeness (QED) is 0.892. The van der Waals surface area contributed by atoms with Crippen LogP contribution in [0.5, 0.6) is 0 Å². The maximum absolute atomic E-state index is 12.2. The van der Waals surface area contributed by atoms with Crippen molar-refractivity contribution < 1.29 is 4.79 Å². The van der Waals surface area contributed by atoms with Gasteiger partial charge in [0.15, 0.2) is 0 Å². The van der Waals surface area contributed by atoms with Crippen LogP contribution in [-0.4, -0.2) is 38.5 Å². The smallest absolute Gasteiger partial charge is 0.317 e. The molecule has 0 spiro atoms. The van der Waals surface area contributed by atoms with E-state index in [0.29, 0.717) is 13.1 Å². The Morgan fingerprint density at radius 2 is 2.20 bits per heavy atom. The topological polar surface area (TPSA) is 83.0 Å². The van der Waals surface area contributed by atoms with E-state index in [9.17, 15) is 4.79 Å². The number of urea groups is 1. The van der Waals surface area contributed by atoms with Gasteiger partial charge in [0.1, 0.15) is 11.6 Å². The Morgan fingerprint density at radius 3 is 2.96 bits per heavy atom. The standard InChI is InChI=1S/C18H24N6O/c1-12(2)22-18(25)24-7-5-16-14(8-19-9-15(16)11-24)10-21-17-4-6-20-13(3)23-17/h4,6,8-9,12H,5,7,10-11H2,1-3H3,(H,22,25)(H,20,21,23). The predicted molar refractivity (Wildman–Crippen MR) is 96.1 cm³/mol. The number of aryl methyl sites for hydroxylation is 1. The van der Waals surface area contributed by atoms with Crippen molar-refractivity contribution >= 4 is 11.8 Å². The molecule has 0 saturated carbocycles. The lowest BCUT2D eigenvalue weighted by Crippen LogP contribution is -2.45. The van der Waals surface area contributed by atoms with E-state index in [-0.39, 0.29) is 12.1 Å². The molecule has 2 aromatic heterocycles. The zero-order chi connectivity index (χ0) is 17.8. The van der Waals surface area contributed by atoms with Crippen LogP contribution in [0.25, 0.3) is 0 Å². The number of hydrogen-bond acceptors (Lipinski definition) is 5. The first-order valence-corrected chi connectivity index (χ1v) is 8.56. The lowest BCUT2D eigenvalue weighted by atomic mass is 9.97. The Bertz CT molecular complexity index is 761. The molecule has 2 aromatic rings. The number of hydrogen-bond donors (Lipinski definition) is 2. The highest BCUT2D eigenvalue weighted by Gasteiger charge is 2.23. The summed E-state index contributed by atoms with van der Waals surface area (Å²) in [5.74, 6) is 1.55. The molecule has 0 bridgehead atoms. The molecule has 2 amide bonds. The van der Waals surface area contributed by atoms with Crippen molar-refractivity contribution in [3.05, 3.63) is 47.2 Å². The molecule has 2 N–H and O–H groups in total. The molecule has 0 aromatic carbocycles. The Balaban J connectivity index is 1.69. The van der Waals surface area contributed by atoms with E-state index in [1.54, 1.807) is 6.20 Å². The molecular formula is C18H24N6O. The highest BCUT2D eigenvalue weighted by Crippen LogP contribution is 2.22. The molecule has 0 atom stereocenters. The summed E-state index contributed by atoms with van der Waals surface area (Å²) in [5, 5.41) is 6.28. The average Bonchev–Trinajstić information content (AvgIpc) is 2.59. The molecule has 25 heavy (non-hydrogen) atoms. The first kappa shape index (κ1) is 17.1. The number of anilines is 1. The Kier molecular flexibility index (Phi) is 5.11. The lowest BCUT2D eigenvalue weighted by molar-refractivity contribution is 0.189. The fraction of sp³-hybridized carbons (Fsp3) is 0.444. The molecule has 7 nitrogen and oxygen atoms in total. The number of carbonyl (C=O) groups excluding carboxylic acids is 1. The molecule has 3 heterocycles. The molecule has 0 radical (unpaired) electrons. The molecule has 132 valence electrons. The highest BCUT2D eigenvalue weighted by atomic mass is 16.2. The first-order chi connectivity index (χ1) is 12.0. The number of nitrogens with one attached hydrogen (secondary N) is 2. The van der Waals surface area contributed by atoms with Crippen LogP contribution in [-0.2, 0) is 19.5 Å². The van der Waals surface area contributed by atoms with Gasteiger partial charge in [0.2, 0.25) is 0 Å². The molecular weight excluding hydrogens is 316 g/mol. The van der Waals surface area contributed by atoms with E-state index in [0.717, 1.165) is 35.7 Å². The predicted octanol–water partition coefficient (Wildman–Crippen LogP) is 2.27. The number of carbonyl (C=O) groups is 1. The third-order valence-electron chi connectivity index (χ3n) is 4.16. The normalized spacial score (nSPS) is 13.5. The van der Waals surface area contributed by atoms with Crippen LogP contribution >= 0.6 is 0 Å². The second kappa shape index (κ2) is 7.46. The van der Waals surface area contributed by atoms with Gasteiger partial charge in [0, 0.05) is 44.3 Å². The lowest BCUT2D eigenvalue weighted by Gasteiger charge is -2.30. The van der Waals surface area contributed by atoms with Crippen LogP contribution in [0, 0.1) is 6.92 Å². The van der Waals surface area contributed by atoms with Gasteiger partial charge in [0.25, 0.3) is 0 Å². The van der Waals surface area contributed by atoms with Crippen molar-refractivity contribution in [2.75, 3.05) is 11.9 Å². The van der Waals surface area contributed by atoms with E-state index < -0.39 is 0 Å². The van der Waals surface area contributed by atoms with Crippen molar-refractivity contribution in [3.8, 4) is 0 Å². The molecule has 0 saturated heterocycles. The second-order valence-electron chi connectivity index (χ2n) is 6.55. The summed E-state index contributed by atoms with van der Waals surface area (Å²) in [7, 11) is 0. The maximum atomic E-state index is 12.2. The third kappa shape index (κ3) is 4.23. The average molecular weight is 340 g/mol. The molecule has 1 aliphatic rings. The number of fused-ring (bicyclic) bond motifs is 1. The van der Waals surface area contributed by atoms with Gasteiger partial charge in [-0.25, -0.2) is 14.8 Å². The highest BCUT2D eigenvalue weighted by molar-refractivity contribution is 5.74. The van der Waals surface area contributed by atoms with Gasteiger partial charge in [-0.1, -0.05) is 0 Å². The molecule has 0 fully saturated rings. The summed E-state index contributed by atoms with van der Waals surface area (Å²) in [5.41, 5.74) is 3.54. The zero-order valence-corrected chi connectivity index (χ0v) is 14.9. The van der Waals surface area contributed by atoms with Crippen molar-refractivity contribution in [1.82, 2.24) is 25.2 Å². The van der Waals surface area contributed by atoms with E-state index in [1.807, 2.05) is 44.1 Å². The van der Waals surface area contributed by atoms with Crippen molar-refractivity contribution in [2.24, 2.45) is 0 Å². The number of nitrogens with zero attached hydrogens (tertiary/aromatic N) is 4. The van der Waals surface area contributed by atoms with Crippen molar-refractivity contribution in [2.45, 2.75) is 46.3 Å². The van der Waals surface area contributed by atoms with Gasteiger partial charge in [-0.3, -0.25) is 4.98 Å². The first-order valence-electron chi connectivity index (χ1n) is 8.56. The van der Waals surface area contributed by atoms with E-state index in [1.165, 1.54) is 5.56 Å². The Labute approximate surface area is 147 Å². The van der Waals surface area contributed by atoms with Crippen LogP contribution in [0.15, 0.2) is 24.7 Å². The van der Waals surface area contributed by atoms with Gasteiger partial charge >= 0.3 is 6.03 Å². The fourth-order valence-corrected chi connectivity index (χ4v) is 2.97. The van der Waals surface area contributed by atoms with Crippen LogP contribution in [0.3, 0.4) is 0 Å². The third-order valence-corrected chi connectivity index (χ3v) is 4.16. The Hall–Kier alpha value is -2.70. The fourth-order valence-electron chi connectivity index (χ4n) is 2.97. The minimum Gasteiger partial charge on any atom is -0.366 e. The van der Waals surface area contributed by atoms with Gasteiger partial charge in [-0.2, -0.15) is 0 Å².